The third kappa shape index (κ3) is 3.62. The Balaban J connectivity index is 2.06. The largest absolute Gasteiger partial charge is 0.305 e. The molecule has 1 saturated heterocycles. The molecule has 0 spiro atoms. The van der Waals surface area contributed by atoms with Crippen molar-refractivity contribution in [3.8, 4) is 0 Å². The minimum absolute atomic E-state index is 0.0600. The van der Waals surface area contributed by atoms with Crippen molar-refractivity contribution in [2.75, 3.05) is 33.4 Å². The number of rotatable bonds is 5. The molecule has 1 aromatic rings. The van der Waals surface area contributed by atoms with Gasteiger partial charge < -0.3 is 4.90 Å². The molecule has 0 saturated carbocycles. The lowest BCUT2D eigenvalue weighted by Gasteiger charge is -2.34. The van der Waals surface area contributed by atoms with Gasteiger partial charge >= 0.3 is 0 Å². The third-order valence-corrected chi connectivity index (χ3v) is 3.44. The fourth-order valence-corrected chi connectivity index (χ4v) is 2.53. The maximum atomic E-state index is 12.5. The van der Waals surface area contributed by atoms with Crippen LogP contribution in [0.4, 0.5) is 0 Å². The Bertz CT molecular complexity index is 407. The molecule has 1 aromatic carbocycles. The quantitative estimate of drug-likeness (QED) is 0.462. The van der Waals surface area contributed by atoms with Crippen molar-refractivity contribution < 1.29 is 14.6 Å². The van der Waals surface area contributed by atoms with Gasteiger partial charge in [0.15, 0.2) is 0 Å². The summed E-state index contributed by atoms with van der Waals surface area (Å²) in [6.07, 6.45) is 0. The molecule has 0 bridgehead atoms. The van der Waals surface area contributed by atoms with Gasteiger partial charge in [0.05, 0.1) is 25.0 Å². The summed E-state index contributed by atoms with van der Waals surface area (Å²) in [6, 6.07) is 9.95. The zero-order chi connectivity index (χ0) is 13.7. The molecule has 0 aromatic heterocycles. The van der Waals surface area contributed by atoms with Crippen molar-refractivity contribution >= 4 is 5.78 Å². The highest BCUT2D eigenvalue weighted by atomic mass is 17.2. The van der Waals surface area contributed by atoms with E-state index in [9.17, 15) is 4.79 Å². The van der Waals surface area contributed by atoms with Crippen LogP contribution in [0, 0.1) is 5.92 Å². The van der Waals surface area contributed by atoms with Gasteiger partial charge in [0.2, 0.25) is 0 Å². The minimum Gasteiger partial charge on any atom is -0.305 e. The number of benzene rings is 1. The number of piperidine rings is 1. The van der Waals surface area contributed by atoms with Crippen molar-refractivity contribution in [3.05, 3.63) is 35.9 Å². The van der Waals surface area contributed by atoms with Gasteiger partial charge in [0.25, 0.3) is 0 Å². The molecule has 104 valence electrons. The van der Waals surface area contributed by atoms with E-state index >= 15 is 0 Å². The van der Waals surface area contributed by atoms with Gasteiger partial charge in [-0.25, -0.2) is 9.78 Å². The van der Waals surface area contributed by atoms with Crippen LogP contribution in [0.5, 0.6) is 0 Å². The van der Waals surface area contributed by atoms with E-state index < -0.39 is 0 Å². The van der Waals surface area contributed by atoms with E-state index in [1.807, 2.05) is 44.3 Å². The van der Waals surface area contributed by atoms with Crippen LogP contribution < -0.4 is 0 Å². The highest BCUT2D eigenvalue weighted by Gasteiger charge is 2.34. The standard InChI is InChI=1S/C15H21NO3/c1-3-18-19-11-13-9-16(2)10-14(15(13)17)12-7-5-4-6-8-12/h4-8,13-14H,3,9-11H2,1-2H3. The van der Waals surface area contributed by atoms with Crippen molar-refractivity contribution in [2.24, 2.45) is 5.92 Å². The second kappa shape index (κ2) is 6.80. The summed E-state index contributed by atoms with van der Waals surface area (Å²) in [5.74, 6) is 0.0784. The first kappa shape index (κ1) is 14.2. The molecule has 4 heteroatoms. The molecule has 2 rings (SSSR count). The van der Waals surface area contributed by atoms with Gasteiger partial charge in [-0.05, 0) is 19.5 Å². The molecule has 1 aliphatic heterocycles. The number of carbonyl (C=O) groups excluding carboxylic acids is 1. The molecule has 2 unspecified atom stereocenters. The smallest absolute Gasteiger partial charge is 0.148 e. The molecule has 2 atom stereocenters. The van der Waals surface area contributed by atoms with Gasteiger partial charge in [-0.15, -0.1) is 0 Å². The number of likely N-dealkylation sites (tertiary alicyclic amines) is 1. The molecule has 0 radical (unpaired) electrons. The second-order valence-corrected chi connectivity index (χ2v) is 4.97. The van der Waals surface area contributed by atoms with Crippen LogP contribution in [0.15, 0.2) is 30.3 Å². The summed E-state index contributed by atoms with van der Waals surface area (Å²) in [4.78, 5) is 24.7. The first-order valence-corrected chi connectivity index (χ1v) is 6.74. The topological polar surface area (TPSA) is 38.8 Å². The SMILES string of the molecule is CCOOCC1CN(C)CC(c2ccccc2)C1=O. The van der Waals surface area contributed by atoms with E-state index in [1.54, 1.807) is 0 Å². The Morgan fingerprint density at radius 1 is 1.21 bits per heavy atom. The number of ketones is 1. The van der Waals surface area contributed by atoms with Gasteiger partial charge in [0, 0.05) is 13.1 Å². The first-order valence-electron chi connectivity index (χ1n) is 6.74. The second-order valence-electron chi connectivity index (χ2n) is 4.97. The third-order valence-electron chi connectivity index (χ3n) is 3.44. The first-order chi connectivity index (χ1) is 9.22. The highest BCUT2D eigenvalue weighted by molar-refractivity contribution is 5.89. The minimum atomic E-state index is -0.115. The molecule has 1 aliphatic rings. The number of Topliss-reactive ketones (excluding diaryl/α,β-unsaturated/α-hetero) is 1. The normalized spacial score (nSPS) is 24.6. The maximum absolute atomic E-state index is 12.5. The predicted octanol–water partition coefficient (Wildman–Crippen LogP) is 1.87. The summed E-state index contributed by atoms with van der Waals surface area (Å²) < 4.78 is 0. The molecule has 0 amide bonds. The predicted molar refractivity (Wildman–Crippen MR) is 72.8 cm³/mol. The summed E-state index contributed by atoms with van der Waals surface area (Å²) in [7, 11) is 2.04. The van der Waals surface area contributed by atoms with E-state index in [1.165, 1.54) is 0 Å². The number of likely N-dealkylation sites (N-methyl/N-ethyl adjacent to an activating group) is 1. The molecule has 4 nitrogen and oxygen atoms in total. The number of hydrogen-bond acceptors (Lipinski definition) is 4. The molecular formula is C15H21NO3. The van der Waals surface area contributed by atoms with E-state index in [0.29, 0.717) is 13.2 Å². The van der Waals surface area contributed by atoms with Gasteiger partial charge in [0.1, 0.15) is 5.78 Å². The Morgan fingerprint density at radius 3 is 2.63 bits per heavy atom. The van der Waals surface area contributed by atoms with Gasteiger partial charge in [-0.2, -0.15) is 0 Å². The highest BCUT2D eigenvalue weighted by Crippen LogP contribution is 2.26. The average Bonchev–Trinajstić information content (AvgIpc) is 2.43. The number of carbonyl (C=O) groups is 1. The molecule has 0 N–H and O–H groups in total. The Kier molecular flexibility index (Phi) is 5.07. The van der Waals surface area contributed by atoms with Crippen molar-refractivity contribution in [1.82, 2.24) is 4.90 Å². The van der Waals surface area contributed by atoms with Crippen molar-refractivity contribution in [2.45, 2.75) is 12.8 Å². The van der Waals surface area contributed by atoms with Crippen LogP contribution >= 0.6 is 0 Å². The lowest BCUT2D eigenvalue weighted by Crippen LogP contribution is -2.45. The van der Waals surface area contributed by atoms with Crippen LogP contribution in [0.3, 0.4) is 0 Å². The summed E-state index contributed by atoms with van der Waals surface area (Å²) >= 11 is 0. The number of nitrogens with zero attached hydrogens (tertiary/aromatic N) is 1. The molecule has 1 fully saturated rings. The zero-order valence-electron chi connectivity index (χ0n) is 11.5. The van der Waals surface area contributed by atoms with Crippen LogP contribution in [-0.2, 0) is 14.6 Å². The van der Waals surface area contributed by atoms with Crippen LogP contribution in [0.25, 0.3) is 0 Å². The molecular weight excluding hydrogens is 242 g/mol. The van der Waals surface area contributed by atoms with Crippen LogP contribution in [0.2, 0.25) is 0 Å². The van der Waals surface area contributed by atoms with Crippen molar-refractivity contribution in [1.29, 1.82) is 0 Å². The lowest BCUT2D eigenvalue weighted by molar-refractivity contribution is -0.297. The van der Waals surface area contributed by atoms with E-state index in [-0.39, 0.29) is 17.6 Å². The van der Waals surface area contributed by atoms with Crippen LogP contribution in [-0.4, -0.2) is 44.0 Å². The summed E-state index contributed by atoms with van der Waals surface area (Å²) in [5, 5.41) is 0. The van der Waals surface area contributed by atoms with Gasteiger partial charge in [-0.3, -0.25) is 4.79 Å². The van der Waals surface area contributed by atoms with E-state index in [2.05, 4.69) is 4.90 Å². The van der Waals surface area contributed by atoms with E-state index in [0.717, 1.165) is 18.7 Å². The molecule has 0 aliphatic carbocycles. The summed E-state index contributed by atoms with van der Waals surface area (Å²) in [5.41, 5.74) is 1.08. The fourth-order valence-electron chi connectivity index (χ4n) is 2.53. The molecule has 19 heavy (non-hydrogen) atoms. The molecule has 1 heterocycles. The Hall–Kier alpha value is -1.23. The lowest BCUT2D eigenvalue weighted by atomic mass is 9.84. The average molecular weight is 263 g/mol. The Morgan fingerprint density at radius 2 is 1.95 bits per heavy atom. The van der Waals surface area contributed by atoms with E-state index in [4.69, 9.17) is 9.78 Å². The zero-order valence-corrected chi connectivity index (χ0v) is 11.5. The van der Waals surface area contributed by atoms with Gasteiger partial charge in [-0.1, -0.05) is 30.3 Å². The van der Waals surface area contributed by atoms with Crippen molar-refractivity contribution in [3.63, 3.8) is 0 Å². The van der Waals surface area contributed by atoms with Crippen LogP contribution in [0.1, 0.15) is 18.4 Å². The Labute approximate surface area is 114 Å². The fraction of sp³-hybridized carbons (Fsp3) is 0.533. The maximum Gasteiger partial charge on any atom is 0.148 e. The monoisotopic (exact) mass is 263 g/mol. The number of hydrogen-bond donors (Lipinski definition) is 0. The summed E-state index contributed by atoms with van der Waals surface area (Å²) in [6.45, 7) is 4.20.